The molecular weight excluding hydrogens is 253 g/mol. The van der Waals surface area contributed by atoms with Gasteiger partial charge in [-0.1, -0.05) is 23.7 Å². The van der Waals surface area contributed by atoms with E-state index < -0.39 is 0 Å². The molecule has 0 radical (unpaired) electrons. The van der Waals surface area contributed by atoms with Gasteiger partial charge in [0, 0.05) is 17.1 Å². The largest absolute Gasteiger partial charge is 0.342 e. The zero-order valence-corrected chi connectivity index (χ0v) is 12.7. The summed E-state index contributed by atoms with van der Waals surface area (Å²) in [6.45, 7) is 9.42. The molecule has 0 aliphatic rings. The molecule has 4 heteroatoms. The summed E-state index contributed by atoms with van der Waals surface area (Å²) < 4.78 is 8.10. The van der Waals surface area contributed by atoms with Gasteiger partial charge in [-0.25, -0.2) is 0 Å². The lowest BCUT2D eigenvalue weighted by molar-refractivity contribution is 0.261. The monoisotopic (exact) mass is 273 g/mol. The summed E-state index contributed by atoms with van der Waals surface area (Å²) in [4.78, 5) is 0. The molecule has 1 aromatic carbocycles. The van der Waals surface area contributed by atoms with Crippen LogP contribution >= 0.6 is 20.6 Å². The fourth-order valence-electron chi connectivity index (χ4n) is 1.58. The van der Waals surface area contributed by atoms with Gasteiger partial charge in [0.05, 0.1) is 15.6 Å². The number of halogens is 1. The molecule has 0 saturated carbocycles. The van der Waals surface area contributed by atoms with Crippen molar-refractivity contribution in [2.45, 2.75) is 46.4 Å². The number of nitrogens with zero attached hydrogens (tertiary/aromatic N) is 1. The van der Waals surface area contributed by atoms with Gasteiger partial charge in [-0.05, 0) is 45.4 Å². The molecule has 0 aromatic heterocycles. The molecule has 0 spiro atoms. The summed E-state index contributed by atoms with van der Waals surface area (Å²) in [5.41, 5.74) is 1.16. The summed E-state index contributed by atoms with van der Waals surface area (Å²) in [5, 5.41) is 0.766. The third-order valence-electron chi connectivity index (χ3n) is 2.43. The molecule has 0 aliphatic heterocycles. The third-order valence-corrected chi connectivity index (χ3v) is 4.20. The molecule has 0 N–H and O–H groups in total. The van der Waals surface area contributed by atoms with Gasteiger partial charge in [0.2, 0.25) is 0 Å². The molecule has 0 heterocycles. The van der Waals surface area contributed by atoms with Crippen molar-refractivity contribution in [3.8, 4) is 0 Å². The van der Waals surface area contributed by atoms with Crippen molar-refractivity contribution in [3.63, 3.8) is 0 Å². The Bertz CT molecular complexity index is 319. The third kappa shape index (κ3) is 5.35. The molecular formula is C13H21ClNOP. The van der Waals surface area contributed by atoms with E-state index in [1.807, 2.05) is 24.3 Å². The van der Waals surface area contributed by atoms with Gasteiger partial charge < -0.3 is 4.52 Å². The fourth-order valence-corrected chi connectivity index (χ4v) is 2.51. The van der Waals surface area contributed by atoms with E-state index in [9.17, 15) is 0 Å². The molecule has 0 bridgehead atoms. The van der Waals surface area contributed by atoms with E-state index in [-0.39, 0.29) is 0 Å². The maximum atomic E-state index is 5.83. The quantitative estimate of drug-likeness (QED) is 0.709. The first-order chi connectivity index (χ1) is 8.00. The Balaban J connectivity index is 2.38. The van der Waals surface area contributed by atoms with Crippen molar-refractivity contribution in [2.24, 2.45) is 0 Å². The van der Waals surface area contributed by atoms with Crippen LogP contribution in [0.1, 0.15) is 33.3 Å². The molecule has 0 fully saturated rings. The first-order valence-electron chi connectivity index (χ1n) is 5.91. The average Bonchev–Trinajstić information content (AvgIpc) is 2.25. The minimum Gasteiger partial charge on any atom is -0.342 e. The van der Waals surface area contributed by atoms with Crippen LogP contribution in [0.4, 0.5) is 0 Å². The molecule has 0 saturated heterocycles. The van der Waals surface area contributed by atoms with Crippen molar-refractivity contribution in [2.75, 3.05) is 0 Å². The van der Waals surface area contributed by atoms with Crippen LogP contribution in [-0.4, -0.2) is 16.8 Å². The van der Waals surface area contributed by atoms with Crippen LogP contribution in [0.15, 0.2) is 24.3 Å². The van der Waals surface area contributed by atoms with Gasteiger partial charge in [-0.2, -0.15) is 0 Å². The Labute approximate surface area is 111 Å². The summed E-state index contributed by atoms with van der Waals surface area (Å²) >= 11 is 5.83. The van der Waals surface area contributed by atoms with E-state index in [1.54, 1.807) is 0 Å². The van der Waals surface area contributed by atoms with Gasteiger partial charge in [0.1, 0.15) is 0 Å². The number of hydrogen-bond donors (Lipinski definition) is 0. The SMILES string of the molecule is CC(C)N(POCc1ccc(Cl)cc1)C(C)C. The topological polar surface area (TPSA) is 12.5 Å². The lowest BCUT2D eigenvalue weighted by Gasteiger charge is -2.29. The van der Waals surface area contributed by atoms with Gasteiger partial charge in [0.15, 0.2) is 0 Å². The van der Waals surface area contributed by atoms with E-state index in [0.29, 0.717) is 27.6 Å². The maximum Gasteiger partial charge on any atom is 0.0899 e. The van der Waals surface area contributed by atoms with Crippen LogP contribution in [0.3, 0.4) is 0 Å². The Morgan fingerprint density at radius 1 is 1.12 bits per heavy atom. The highest BCUT2D eigenvalue weighted by Gasteiger charge is 2.13. The van der Waals surface area contributed by atoms with Crippen molar-refractivity contribution in [1.82, 2.24) is 4.67 Å². The summed E-state index contributed by atoms with van der Waals surface area (Å²) in [7, 11) is 0.407. The van der Waals surface area contributed by atoms with Gasteiger partial charge in [-0.3, -0.25) is 4.67 Å². The van der Waals surface area contributed by atoms with Crippen molar-refractivity contribution < 1.29 is 4.52 Å². The second-order valence-electron chi connectivity index (χ2n) is 4.60. The van der Waals surface area contributed by atoms with Crippen LogP contribution in [0.2, 0.25) is 5.02 Å². The Morgan fingerprint density at radius 2 is 1.65 bits per heavy atom. The Morgan fingerprint density at radius 3 is 2.12 bits per heavy atom. The molecule has 1 rings (SSSR count). The maximum absolute atomic E-state index is 5.83. The molecule has 0 aliphatic carbocycles. The highest BCUT2D eigenvalue weighted by atomic mass is 35.5. The van der Waals surface area contributed by atoms with E-state index in [1.165, 1.54) is 0 Å². The van der Waals surface area contributed by atoms with Gasteiger partial charge >= 0.3 is 0 Å². The zero-order valence-electron chi connectivity index (χ0n) is 10.9. The Kier molecular flexibility index (Phi) is 6.43. The van der Waals surface area contributed by atoms with Crippen LogP contribution in [0.5, 0.6) is 0 Å². The van der Waals surface area contributed by atoms with E-state index in [0.717, 1.165) is 10.6 Å². The smallest absolute Gasteiger partial charge is 0.0899 e. The molecule has 1 atom stereocenters. The minimum absolute atomic E-state index is 0.407. The molecule has 1 aromatic rings. The number of hydrogen-bond acceptors (Lipinski definition) is 2. The summed E-state index contributed by atoms with van der Waals surface area (Å²) in [6, 6.07) is 8.82. The zero-order chi connectivity index (χ0) is 12.8. The van der Waals surface area contributed by atoms with E-state index in [2.05, 4.69) is 32.4 Å². The molecule has 17 heavy (non-hydrogen) atoms. The molecule has 96 valence electrons. The second-order valence-corrected chi connectivity index (χ2v) is 6.03. The first kappa shape index (κ1) is 14.9. The normalized spacial score (nSPS) is 12.5. The van der Waals surface area contributed by atoms with Crippen molar-refractivity contribution >= 4 is 20.6 Å². The van der Waals surface area contributed by atoms with Crippen molar-refractivity contribution in [3.05, 3.63) is 34.9 Å². The minimum atomic E-state index is 0.407. The lowest BCUT2D eigenvalue weighted by Crippen LogP contribution is -2.29. The predicted octanol–water partition coefficient (Wildman–Crippen LogP) is 4.48. The van der Waals surface area contributed by atoms with Gasteiger partial charge in [0.25, 0.3) is 0 Å². The molecule has 1 unspecified atom stereocenters. The van der Waals surface area contributed by atoms with Crippen molar-refractivity contribution in [1.29, 1.82) is 0 Å². The number of rotatable bonds is 6. The van der Waals surface area contributed by atoms with Crippen LogP contribution in [-0.2, 0) is 11.1 Å². The predicted molar refractivity (Wildman–Crippen MR) is 76.7 cm³/mol. The Hall–Kier alpha value is -0.140. The lowest BCUT2D eigenvalue weighted by atomic mass is 10.2. The van der Waals surface area contributed by atoms with E-state index >= 15 is 0 Å². The van der Waals surface area contributed by atoms with Crippen LogP contribution < -0.4 is 0 Å². The molecule has 0 amide bonds. The summed E-state index contributed by atoms with van der Waals surface area (Å²) in [6.07, 6.45) is 0. The second kappa shape index (κ2) is 7.33. The average molecular weight is 274 g/mol. The van der Waals surface area contributed by atoms with E-state index in [4.69, 9.17) is 16.1 Å². The first-order valence-corrected chi connectivity index (χ1v) is 7.14. The van der Waals surface area contributed by atoms with Gasteiger partial charge in [-0.15, -0.1) is 0 Å². The highest BCUT2D eigenvalue weighted by molar-refractivity contribution is 7.29. The fraction of sp³-hybridized carbons (Fsp3) is 0.538. The molecule has 2 nitrogen and oxygen atoms in total. The highest BCUT2D eigenvalue weighted by Crippen LogP contribution is 2.27. The van der Waals surface area contributed by atoms with Crippen LogP contribution in [0, 0.1) is 0 Å². The standard InChI is InChI=1S/C13H21ClNOP/c1-10(2)15(11(3)4)17-16-9-12-5-7-13(14)8-6-12/h5-8,10-11,17H,9H2,1-4H3. The number of benzene rings is 1. The van der Waals surface area contributed by atoms with Crippen LogP contribution in [0.25, 0.3) is 0 Å². The summed E-state index contributed by atoms with van der Waals surface area (Å²) in [5.74, 6) is 0.